The summed E-state index contributed by atoms with van der Waals surface area (Å²) in [7, 11) is 0. The lowest BCUT2D eigenvalue weighted by Crippen LogP contribution is -2.29. The zero-order valence-corrected chi connectivity index (χ0v) is 7.83. The van der Waals surface area contributed by atoms with Gasteiger partial charge in [0.05, 0.1) is 12.0 Å². The predicted octanol–water partition coefficient (Wildman–Crippen LogP) is 1.09. The first-order valence-electron chi connectivity index (χ1n) is 4.86. The fraction of sp³-hybridized carbons (Fsp3) is 0.667. The molecule has 1 aromatic rings. The van der Waals surface area contributed by atoms with Crippen molar-refractivity contribution in [3.05, 3.63) is 12.7 Å². The monoisotopic (exact) mass is 195 g/mol. The fourth-order valence-corrected chi connectivity index (χ4v) is 2.10. The number of nitrogens with zero attached hydrogens (tertiary/aromatic N) is 3. The van der Waals surface area contributed by atoms with Crippen LogP contribution < -0.4 is 0 Å². The summed E-state index contributed by atoms with van der Waals surface area (Å²) in [5, 5.41) is 13.1. The maximum Gasteiger partial charge on any atom is 0.308 e. The van der Waals surface area contributed by atoms with Gasteiger partial charge in [-0.3, -0.25) is 4.79 Å². The molecule has 1 aromatic heterocycles. The first-order chi connectivity index (χ1) is 6.79. The highest BCUT2D eigenvalue weighted by Crippen LogP contribution is 2.33. The summed E-state index contributed by atoms with van der Waals surface area (Å²) in [6.07, 6.45) is 6.77. The summed E-state index contributed by atoms with van der Waals surface area (Å²) in [4.78, 5) is 14.8. The molecule has 0 radical (unpaired) electrons. The highest BCUT2D eigenvalue weighted by Gasteiger charge is 2.32. The third-order valence-corrected chi connectivity index (χ3v) is 2.82. The van der Waals surface area contributed by atoms with E-state index in [-0.39, 0.29) is 12.0 Å². The van der Waals surface area contributed by atoms with E-state index < -0.39 is 5.97 Å². The Bertz CT molecular complexity index is 310. The van der Waals surface area contributed by atoms with Crippen LogP contribution in [-0.2, 0) is 4.79 Å². The molecule has 0 bridgehead atoms. The van der Waals surface area contributed by atoms with E-state index in [2.05, 4.69) is 10.1 Å². The number of aliphatic carboxylic acids is 1. The molecule has 1 heterocycles. The third kappa shape index (κ3) is 1.62. The van der Waals surface area contributed by atoms with Gasteiger partial charge < -0.3 is 5.11 Å². The van der Waals surface area contributed by atoms with E-state index in [1.807, 2.05) is 0 Å². The standard InChI is InChI=1S/C9H13N3O2/c13-9(14)7-3-1-2-4-8(7)12-6-10-5-11-12/h5-8H,1-4H2,(H,13,14)/t7-,8-/m0/s1. The van der Waals surface area contributed by atoms with Crippen molar-refractivity contribution in [3.8, 4) is 0 Å². The lowest BCUT2D eigenvalue weighted by Gasteiger charge is -2.28. The Morgan fingerprint density at radius 1 is 1.43 bits per heavy atom. The van der Waals surface area contributed by atoms with Crippen LogP contribution in [0.5, 0.6) is 0 Å². The van der Waals surface area contributed by atoms with E-state index in [0.717, 1.165) is 25.7 Å². The summed E-state index contributed by atoms with van der Waals surface area (Å²) < 4.78 is 1.68. The average Bonchev–Trinajstić information content (AvgIpc) is 2.70. The first-order valence-corrected chi connectivity index (χ1v) is 4.86. The Hall–Kier alpha value is -1.39. The van der Waals surface area contributed by atoms with E-state index in [0.29, 0.717) is 0 Å². The number of carbonyl (C=O) groups is 1. The summed E-state index contributed by atoms with van der Waals surface area (Å²) in [5.41, 5.74) is 0. The van der Waals surface area contributed by atoms with Crippen molar-refractivity contribution in [2.24, 2.45) is 5.92 Å². The number of aromatic nitrogens is 3. The normalized spacial score (nSPS) is 27.4. The summed E-state index contributed by atoms with van der Waals surface area (Å²) in [6.45, 7) is 0. The van der Waals surface area contributed by atoms with Crippen LogP contribution in [0.1, 0.15) is 31.7 Å². The molecule has 0 unspecified atom stereocenters. The minimum atomic E-state index is -0.717. The molecular weight excluding hydrogens is 182 g/mol. The highest BCUT2D eigenvalue weighted by molar-refractivity contribution is 5.70. The van der Waals surface area contributed by atoms with Gasteiger partial charge in [0, 0.05) is 0 Å². The summed E-state index contributed by atoms with van der Waals surface area (Å²) in [6, 6.07) is -0.0104. The van der Waals surface area contributed by atoms with E-state index >= 15 is 0 Å². The second-order valence-electron chi connectivity index (χ2n) is 3.67. The molecule has 2 atom stereocenters. The van der Waals surface area contributed by atoms with Crippen molar-refractivity contribution in [1.82, 2.24) is 14.8 Å². The van der Waals surface area contributed by atoms with Crippen LogP contribution in [0, 0.1) is 5.92 Å². The van der Waals surface area contributed by atoms with Gasteiger partial charge in [-0.15, -0.1) is 0 Å². The van der Waals surface area contributed by atoms with Crippen LogP contribution in [-0.4, -0.2) is 25.8 Å². The van der Waals surface area contributed by atoms with Gasteiger partial charge >= 0.3 is 5.97 Å². The van der Waals surface area contributed by atoms with E-state index in [1.165, 1.54) is 6.33 Å². The molecule has 5 nitrogen and oxygen atoms in total. The van der Waals surface area contributed by atoms with Crippen molar-refractivity contribution >= 4 is 5.97 Å². The molecule has 1 fully saturated rings. The van der Waals surface area contributed by atoms with Crippen molar-refractivity contribution in [2.45, 2.75) is 31.7 Å². The van der Waals surface area contributed by atoms with Crippen molar-refractivity contribution in [1.29, 1.82) is 0 Å². The van der Waals surface area contributed by atoms with Crippen LogP contribution in [0.15, 0.2) is 12.7 Å². The molecule has 1 aliphatic rings. The Morgan fingerprint density at radius 2 is 2.21 bits per heavy atom. The molecule has 5 heteroatoms. The van der Waals surface area contributed by atoms with Crippen molar-refractivity contribution < 1.29 is 9.90 Å². The molecule has 1 N–H and O–H groups in total. The minimum absolute atomic E-state index is 0.0104. The number of hydrogen-bond acceptors (Lipinski definition) is 3. The molecule has 2 rings (SSSR count). The number of hydrogen-bond donors (Lipinski definition) is 1. The van der Waals surface area contributed by atoms with Gasteiger partial charge in [0.2, 0.25) is 0 Å². The van der Waals surface area contributed by atoms with Crippen LogP contribution in [0.3, 0.4) is 0 Å². The highest BCUT2D eigenvalue weighted by atomic mass is 16.4. The molecule has 0 aliphatic heterocycles. The smallest absolute Gasteiger partial charge is 0.308 e. The Kier molecular flexibility index (Phi) is 2.47. The van der Waals surface area contributed by atoms with Crippen LogP contribution in [0.4, 0.5) is 0 Å². The molecule has 0 amide bonds. The first kappa shape index (κ1) is 9.18. The van der Waals surface area contributed by atoms with E-state index in [9.17, 15) is 4.79 Å². The predicted molar refractivity (Wildman–Crippen MR) is 48.7 cm³/mol. The maximum absolute atomic E-state index is 11.0. The van der Waals surface area contributed by atoms with Gasteiger partial charge in [-0.2, -0.15) is 5.10 Å². The topological polar surface area (TPSA) is 68.0 Å². The van der Waals surface area contributed by atoms with Gasteiger partial charge in [-0.05, 0) is 12.8 Å². The number of carboxylic acids is 1. The van der Waals surface area contributed by atoms with E-state index in [1.54, 1.807) is 11.0 Å². The van der Waals surface area contributed by atoms with Crippen LogP contribution in [0.2, 0.25) is 0 Å². The lowest BCUT2D eigenvalue weighted by atomic mass is 9.85. The molecule has 14 heavy (non-hydrogen) atoms. The lowest BCUT2D eigenvalue weighted by molar-refractivity contribution is -0.144. The largest absolute Gasteiger partial charge is 0.481 e. The van der Waals surface area contributed by atoms with Crippen LogP contribution in [0.25, 0.3) is 0 Å². The average molecular weight is 195 g/mol. The van der Waals surface area contributed by atoms with Gasteiger partial charge in [0.1, 0.15) is 12.7 Å². The van der Waals surface area contributed by atoms with Gasteiger partial charge in [-0.25, -0.2) is 9.67 Å². The SMILES string of the molecule is O=C(O)[C@H]1CCCC[C@@H]1n1cncn1. The van der Waals surface area contributed by atoms with Crippen LogP contribution >= 0.6 is 0 Å². The second kappa shape index (κ2) is 3.77. The van der Waals surface area contributed by atoms with Crippen molar-refractivity contribution in [3.63, 3.8) is 0 Å². The summed E-state index contributed by atoms with van der Waals surface area (Å²) >= 11 is 0. The minimum Gasteiger partial charge on any atom is -0.481 e. The third-order valence-electron chi connectivity index (χ3n) is 2.82. The number of carboxylic acid groups (broad SMARTS) is 1. The molecule has 1 saturated carbocycles. The molecule has 1 aliphatic carbocycles. The van der Waals surface area contributed by atoms with Gasteiger partial charge in [-0.1, -0.05) is 12.8 Å². The zero-order valence-electron chi connectivity index (χ0n) is 7.83. The fourth-order valence-electron chi connectivity index (χ4n) is 2.10. The van der Waals surface area contributed by atoms with E-state index in [4.69, 9.17) is 5.11 Å². The zero-order chi connectivity index (χ0) is 9.97. The Morgan fingerprint density at radius 3 is 2.86 bits per heavy atom. The summed E-state index contributed by atoms with van der Waals surface area (Å²) in [5.74, 6) is -1.02. The quantitative estimate of drug-likeness (QED) is 0.767. The van der Waals surface area contributed by atoms with Gasteiger partial charge in [0.15, 0.2) is 0 Å². The Balaban J connectivity index is 2.18. The van der Waals surface area contributed by atoms with Gasteiger partial charge in [0.25, 0.3) is 0 Å². The Labute approximate surface area is 81.8 Å². The molecular formula is C9H13N3O2. The molecule has 0 aromatic carbocycles. The molecule has 0 saturated heterocycles. The van der Waals surface area contributed by atoms with Crippen molar-refractivity contribution in [2.75, 3.05) is 0 Å². The maximum atomic E-state index is 11.0. The molecule has 0 spiro atoms. The number of rotatable bonds is 2. The molecule has 76 valence electrons. The second-order valence-corrected chi connectivity index (χ2v) is 3.67.